The molecule has 0 spiro atoms. The second-order valence-corrected chi connectivity index (χ2v) is 9.38. The van der Waals surface area contributed by atoms with E-state index in [2.05, 4.69) is 51.4 Å². The molecule has 8 heteroatoms. The van der Waals surface area contributed by atoms with E-state index < -0.39 is 0 Å². The highest BCUT2D eigenvalue weighted by atomic mass is 16.3. The third-order valence-corrected chi connectivity index (χ3v) is 7.00. The third kappa shape index (κ3) is 4.68. The summed E-state index contributed by atoms with van der Waals surface area (Å²) in [6.07, 6.45) is 8.46. The molecule has 1 aliphatic carbocycles. The van der Waals surface area contributed by atoms with Gasteiger partial charge in [0.05, 0.1) is 12.3 Å². The summed E-state index contributed by atoms with van der Waals surface area (Å²) in [4.78, 5) is 18.6. The molecule has 178 valence electrons. The quantitative estimate of drug-likeness (QED) is 0.408. The van der Waals surface area contributed by atoms with Crippen LogP contribution in [0.25, 0.3) is 10.9 Å². The van der Waals surface area contributed by atoms with Crippen molar-refractivity contribution < 1.29 is 4.42 Å². The summed E-state index contributed by atoms with van der Waals surface area (Å²) in [6.45, 7) is 5.29. The summed E-state index contributed by atoms with van der Waals surface area (Å²) in [5.74, 6) is 1.63. The van der Waals surface area contributed by atoms with E-state index in [1.54, 1.807) is 6.26 Å². The molecule has 8 nitrogen and oxygen atoms in total. The number of aromatic amines is 1. The minimum absolute atomic E-state index is 0.000619. The van der Waals surface area contributed by atoms with Crippen molar-refractivity contribution in [2.75, 3.05) is 0 Å². The van der Waals surface area contributed by atoms with Gasteiger partial charge in [0.15, 0.2) is 5.82 Å². The van der Waals surface area contributed by atoms with Crippen LogP contribution < -0.4 is 5.56 Å². The molecule has 1 aromatic carbocycles. The number of tetrazole rings is 1. The lowest BCUT2D eigenvalue weighted by Crippen LogP contribution is -2.41. The Hall–Kier alpha value is -3.26. The number of nitrogens with zero attached hydrogens (tertiary/aromatic N) is 5. The Balaban J connectivity index is 1.51. The SMILES string of the molecule is CC[C@@H](c1nnnn1Cc1ccco1)N(Cc1cc2cc(C)ccc2[nH]c1=O)C1CCCCC1. The molecule has 3 aromatic heterocycles. The third-order valence-electron chi connectivity index (χ3n) is 7.00. The van der Waals surface area contributed by atoms with Gasteiger partial charge in [-0.25, -0.2) is 4.68 Å². The van der Waals surface area contributed by atoms with Gasteiger partial charge in [-0.1, -0.05) is 37.8 Å². The van der Waals surface area contributed by atoms with Crippen molar-refractivity contribution in [1.82, 2.24) is 30.1 Å². The molecule has 3 heterocycles. The van der Waals surface area contributed by atoms with Crippen molar-refractivity contribution in [3.05, 3.63) is 75.7 Å². The van der Waals surface area contributed by atoms with E-state index in [0.717, 1.165) is 47.3 Å². The minimum atomic E-state index is -0.0257. The van der Waals surface area contributed by atoms with Crippen molar-refractivity contribution in [3.8, 4) is 0 Å². The number of aromatic nitrogens is 5. The van der Waals surface area contributed by atoms with Crippen LogP contribution in [0.1, 0.15) is 74.2 Å². The van der Waals surface area contributed by atoms with Crippen molar-refractivity contribution in [1.29, 1.82) is 0 Å². The van der Waals surface area contributed by atoms with E-state index in [1.165, 1.54) is 24.8 Å². The zero-order valence-electron chi connectivity index (χ0n) is 19.9. The Morgan fingerprint density at radius 3 is 2.82 bits per heavy atom. The first kappa shape index (κ1) is 22.5. The Morgan fingerprint density at radius 2 is 2.06 bits per heavy atom. The fourth-order valence-electron chi connectivity index (χ4n) is 5.27. The van der Waals surface area contributed by atoms with Crippen molar-refractivity contribution in [2.24, 2.45) is 0 Å². The highest BCUT2D eigenvalue weighted by Gasteiger charge is 2.32. The van der Waals surface area contributed by atoms with Crippen LogP contribution in [0, 0.1) is 6.92 Å². The molecule has 0 aliphatic heterocycles. The maximum absolute atomic E-state index is 13.1. The Kier molecular flexibility index (Phi) is 6.58. The number of furan rings is 1. The van der Waals surface area contributed by atoms with Crippen LogP contribution in [0.15, 0.2) is 51.9 Å². The van der Waals surface area contributed by atoms with Gasteiger partial charge in [0, 0.05) is 23.7 Å². The van der Waals surface area contributed by atoms with Gasteiger partial charge < -0.3 is 9.40 Å². The van der Waals surface area contributed by atoms with E-state index in [9.17, 15) is 4.79 Å². The fourth-order valence-corrected chi connectivity index (χ4v) is 5.27. The van der Waals surface area contributed by atoms with Gasteiger partial charge in [-0.2, -0.15) is 0 Å². The summed E-state index contributed by atoms with van der Waals surface area (Å²) in [5.41, 5.74) is 2.81. The molecule has 34 heavy (non-hydrogen) atoms. The van der Waals surface area contributed by atoms with Crippen molar-refractivity contribution >= 4 is 10.9 Å². The van der Waals surface area contributed by atoms with Crippen LogP contribution in [-0.2, 0) is 13.1 Å². The van der Waals surface area contributed by atoms with Crippen molar-refractivity contribution in [2.45, 2.75) is 77.5 Å². The van der Waals surface area contributed by atoms with Gasteiger partial charge in [-0.15, -0.1) is 5.10 Å². The molecule has 0 radical (unpaired) electrons. The molecule has 0 bridgehead atoms. The zero-order valence-corrected chi connectivity index (χ0v) is 19.9. The molecular weight excluding hydrogens is 428 g/mol. The number of fused-ring (bicyclic) bond motifs is 1. The number of H-pyrrole nitrogens is 1. The van der Waals surface area contributed by atoms with Crippen LogP contribution in [0.3, 0.4) is 0 Å². The summed E-state index contributed by atoms with van der Waals surface area (Å²) in [5, 5.41) is 13.8. The maximum atomic E-state index is 13.1. The first-order chi connectivity index (χ1) is 16.6. The molecule has 0 unspecified atom stereocenters. The van der Waals surface area contributed by atoms with Gasteiger partial charge in [0.2, 0.25) is 0 Å². The molecule has 1 fully saturated rings. The number of rotatable bonds is 8. The monoisotopic (exact) mass is 460 g/mol. The smallest absolute Gasteiger partial charge is 0.252 e. The molecule has 1 aliphatic rings. The predicted molar refractivity (Wildman–Crippen MR) is 130 cm³/mol. The molecule has 0 saturated heterocycles. The maximum Gasteiger partial charge on any atom is 0.252 e. The van der Waals surface area contributed by atoms with Crippen LogP contribution >= 0.6 is 0 Å². The average Bonchev–Trinajstić information content (AvgIpc) is 3.53. The molecule has 5 rings (SSSR count). The van der Waals surface area contributed by atoms with E-state index in [-0.39, 0.29) is 11.6 Å². The Morgan fingerprint density at radius 1 is 1.21 bits per heavy atom. The largest absolute Gasteiger partial charge is 0.467 e. The lowest BCUT2D eigenvalue weighted by Gasteiger charge is -2.39. The Bertz CT molecular complexity index is 1290. The summed E-state index contributed by atoms with van der Waals surface area (Å²) >= 11 is 0. The van der Waals surface area contributed by atoms with E-state index in [4.69, 9.17) is 4.42 Å². The van der Waals surface area contributed by atoms with Crippen LogP contribution in [0.4, 0.5) is 0 Å². The second kappa shape index (κ2) is 9.93. The number of hydrogen-bond acceptors (Lipinski definition) is 6. The van der Waals surface area contributed by atoms with E-state index >= 15 is 0 Å². The normalized spacial score (nSPS) is 15.9. The molecule has 1 N–H and O–H groups in total. The van der Waals surface area contributed by atoms with Gasteiger partial charge in [-0.3, -0.25) is 9.69 Å². The molecular formula is C26H32N6O2. The summed E-state index contributed by atoms with van der Waals surface area (Å²) in [6, 6.07) is 12.4. The van der Waals surface area contributed by atoms with E-state index in [1.807, 2.05) is 28.9 Å². The number of aryl methyl sites for hydroxylation is 1. The average molecular weight is 461 g/mol. The fraction of sp³-hybridized carbons (Fsp3) is 0.462. The first-order valence-electron chi connectivity index (χ1n) is 12.3. The van der Waals surface area contributed by atoms with Gasteiger partial charge >= 0.3 is 0 Å². The van der Waals surface area contributed by atoms with Crippen LogP contribution in [0.5, 0.6) is 0 Å². The van der Waals surface area contributed by atoms with Crippen LogP contribution in [-0.4, -0.2) is 36.1 Å². The highest BCUT2D eigenvalue weighted by molar-refractivity contribution is 5.79. The van der Waals surface area contributed by atoms with Crippen molar-refractivity contribution in [3.63, 3.8) is 0 Å². The summed E-state index contributed by atoms with van der Waals surface area (Å²) in [7, 11) is 0. The minimum Gasteiger partial charge on any atom is -0.467 e. The van der Waals surface area contributed by atoms with Gasteiger partial charge in [-0.05, 0) is 72.3 Å². The topological polar surface area (TPSA) is 92.8 Å². The number of nitrogens with one attached hydrogen (secondary N) is 1. The lowest BCUT2D eigenvalue weighted by atomic mass is 9.92. The van der Waals surface area contributed by atoms with Gasteiger partial charge in [0.1, 0.15) is 12.3 Å². The van der Waals surface area contributed by atoms with E-state index in [0.29, 0.717) is 19.1 Å². The highest BCUT2D eigenvalue weighted by Crippen LogP contribution is 2.33. The zero-order chi connectivity index (χ0) is 23.5. The van der Waals surface area contributed by atoms with Crippen LogP contribution in [0.2, 0.25) is 0 Å². The first-order valence-corrected chi connectivity index (χ1v) is 12.3. The number of benzene rings is 1. The number of pyridine rings is 1. The van der Waals surface area contributed by atoms with Gasteiger partial charge in [0.25, 0.3) is 5.56 Å². The molecule has 0 amide bonds. The molecule has 4 aromatic rings. The standard InChI is InChI=1S/C26H32N6O2/c1-3-24(25-28-29-30-32(25)17-22-10-7-13-34-22)31(21-8-5-4-6-9-21)16-20-15-19-14-18(2)11-12-23(19)27-26(20)33/h7,10-15,21,24H,3-6,8-9,16-17H2,1-2H3,(H,27,33)/t24-/m0/s1. The Labute approximate surface area is 199 Å². The second-order valence-electron chi connectivity index (χ2n) is 9.38. The molecule has 1 saturated carbocycles. The lowest BCUT2D eigenvalue weighted by molar-refractivity contribution is 0.0842. The molecule has 1 atom stereocenters. The summed E-state index contributed by atoms with van der Waals surface area (Å²) < 4.78 is 7.37. The predicted octanol–water partition coefficient (Wildman–Crippen LogP) is 4.75. The number of hydrogen-bond donors (Lipinski definition) is 1.